The number of benzene rings is 2. The lowest BCUT2D eigenvalue weighted by atomic mass is 10.2. The van der Waals surface area contributed by atoms with Gasteiger partial charge in [-0.25, -0.2) is 9.82 Å². The van der Waals surface area contributed by atoms with Crippen LogP contribution in [0.3, 0.4) is 0 Å². The largest absolute Gasteiger partial charge is 0.486 e. The van der Waals surface area contributed by atoms with Crippen LogP contribution in [0, 0.1) is 5.82 Å². The molecule has 0 saturated heterocycles. The number of thioether (sulfide) groups is 1. The lowest BCUT2D eigenvalue weighted by molar-refractivity contribution is -0.120. The second kappa shape index (κ2) is 11.1. The Labute approximate surface area is 184 Å². The quantitative estimate of drug-likeness (QED) is 0.225. The van der Waals surface area contributed by atoms with Gasteiger partial charge in [0.25, 0.3) is 5.91 Å². The van der Waals surface area contributed by atoms with Crippen LogP contribution in [0.2, 0.25) is 0 Å². The molecular formula is C22H22FN5O2S. The first-order valence-electron chi connectivity index (χ1n) is 9.53. The van der Waals surface area contributed by atoms with E-state index in [4.69, 9.17) is 4.74 Å². The molecule has 31 heavy (non-hydrogen) atoms. The van der Waals surface area contributed by atoms with Gasteiger partial charge in [0.15, 0.2) is 11.0 Å². The number of rotatable bonds is 10. The van der Waals surface area contributed by atoms with E-state index in [1.54, 1.807) is 31.2 Å². The standard InChI is InChI=1S/C22H22FN5O2S/c1-3-13-28-20(15-30-18-10-5-4-6-11-18)25-27-22(28)31-16(2)21(29)26-24-14-17-9-7-8-12-19(17)23/h3-12,14,16H,1,13,15H2,2H3,(H,26,29)/t16-/m1/s1. The van der Waals surface area contributed by atoms with Crippen LogP contribution in [0.5, 0.6) is 5.75 Å². The molecule has 1 aromatic heterocycles. The maximum Gasteiger partial charge on any atom is 0.253 e. The smallest absolute Gasteiger partial charge is 0.253 e. The summed E-state index contributed by atoms with van der Waals surface area (Å²) in [6.07, 6.45) is 2.99. The van der Waals surface area contributed by atoms with Gasteiger partial charge in [-0.3, -0.25) is 9.36 Å². The van der Waals surface area contributed by atoms with E-state index in [1.165, 1.54) is 24.0 Å². The number of amides is 1. The summed E-state index contributed by atoms with van der Waals surface area (Å²) in [6.45, 7) is 6.21. The number of allylic oxidation sites excluding steroid dienone is 1. The number of carbonyl (C=O) groups is 1. The van der Waals surface area contributed by atoms with Gasteiger partial charge in [0.05, 0.1) is 11.5 Å². The Bertz CT molecular complexity index is 1060. The van der Waals surface area contributed by atoms with E-state index in [1.807, 2.05) is 34.9 Å². The summed E-state index contributed by atoms with van der Waals surface area (Å²) >= 11 is 1.24. The summed E-state index contributed by atoms with van der Waals surface area (Å²) in [6, 6.07) is 15.6. The monoisotopic (exact) mass is 439 g/mol. The summed E-state index contributed by atoms with van der Waals surface area (Å²) in [4.78, 5) is 12.4. The molecule has 0 aliphatic rings. The van der Waals surface area contributed by atoms with Crippen LogP contribution in [0.4, 0.5) is 4.39 Å². The second-order valence-electron chi connectivity index (χ2n) is 6.42. The first-order chi connectivity index (χ1) is 15.1. The number of halogens is 1. The molecule has 0 bridgehead atoms. The number of hydrogen-bond donors (Lipinski definition) is 1. The number of nitrogens with one attached hydrogen (secondary N) is 1. The Balaban J connectivity index is 1.61. The molecule has 1 N–H and O–H groups in total. The number of carbonyl (C=O) groups excluding carboxylic acids is 1. The van der Waals surface area contributed by atoms with Crippen molar-refractivity contribution in [2.24, 2.45) is 5.10 Å². The van der Waals surface area contributed by atoms with E-state index in [9.17, 15) is 9.18 Å². The van der Waals surface area contributed by atoms with Crippen molar-refractivity contribution < 1.29 is 13.9 Å². The predicted molar refractivity (Wildman–Crippen MR) is 118 cm³/mol. The number of ether oxygens (including phenoxy) is 1. The maximum absolute atomic E-state index is 13.6. The van der Waals surface area contributed by atoms with Crippen LogP contribution in [-0.4, -0.2) is 32.1 Å². The van der Waals surface area contributed by atoms with Gasteiger partial charge in [-0.15, -0.1) is 16.8 Å². The third kappa shape index (κ3) is 6.26. The Kier molecular flexibility index (Phi) is 7.94. The maximum atomic E-state index is 13.6. The molecule has 2 aromatic carbocycles. The molecule has 7 nitrogen and oxygen atoms in total. The minimum atomic E-state index is -0.506. The lowest BCUT2D eigenvalue weighted by Gasteiger charge is -2.11. The SMILES string of the molecule is C=CCn1c(COc2ccccc2)nnc1S[C@H](C)C(=O)NN=Cc1ccccc1F. The number of aromatic nitrogens is 3. The van der Waals surface area contributed by atoms with Gasteiger partial charge >= 0.3 is 0 Å². The van der Waals surface area contributed by atoms with Crippen LogP contribution < -0.4 is 10.2 Å². The second-order valence-corrected chi connectivity index (χ2v) is 7.72. The van der Waals surface area contributed by atoms with Crippen molar-refractivity contribution in [2.75, 3.05) is 0 Å². The molecule has 1 amide bonds. The summed E-state index contributed by atoms with van der Waals surface area (Å²) in [7, 11) is 0. The summed E-state index contributed by atoms with van der Waals surface area (Å²) in [5, 5.41) is 12.3. The van der Waals surface area contributed by atoms with E-state index < -0.39 is 11.1 Å². The van der Waals surface area contributed by atoms with Gasteiger partial charge in [-0.05, 0) is 25.1 Å². The molecule has 3 aromatic rings. The van der Waals surface area contributed by atoms with E-state index in [0.717, 1.165) is 5.75 Å². The van der Waals surface area contributed by atoms with Crippen LogP contribution in [0.25, 0.3) is 0 Å². The molecule has 160 valence electrons. The Morgan fingerprint density at radius 2 is 2.00 bits per heavy atom. The fraction of sp³-hybridized carbons (Fsp3) is 0.182. The normalized spacial score (nSPS) is 11.9. The van der Waals surface area contributed by atoms with Gasteiger partial charge < -0.3 is 4.74 Å². The van der Waals surface area contributed by atoms with Crippen molar-refractivity contribution in [3.63, 3.8) is 0 Å². The van der Waals surface area contributed by atoms with Crippen LogP contribution in [-0.2, 0) is 17.9 Å². The molecule has 0 radical (unpaired) electrons. The van der Waals surface area contributed by atoms with Crippen molar-refractivity contribution in [3.05, 3.63) is 84.5 Å². The molecular weight excluding hydrogens is 417 g/mol. The summed E-state index contributed by atoms with van der Waals surface area (Å²) in [5.74, 6) is 0.597. The number of hydrogen-bond acceptors (Lipinski definition) is 6. The molecule has 1 atom stereocenters. The third-order valence-corrected chi connectivity index (χ3v) is 5.23. The highest BCUT2D eigenvalue weighted by Crippen LogP contribution is 2.23. The molecule has 0 spiro atoms. The molecule has 0 aliphatic carbocycles. The van der Waals surface area contributed by atoms with Crippen LogP contribution in [0.15, 0.2) is 77.5 Å². The fourth-order valence-corrected chi connectivity index (χ4v) is 3.41. The van der Waals surface area contributed by atoms with Crippen LogP contribution >= 0.6 is 11.8 Å². The van der Waals surface area contributed by atoms with Crippen molar-refractivity contribution in [2.45, 2.75) is 30.5 Å². The zero-order chi connectivity index (χ0) is 22.1. The number of nitrogens with zero attached hydrogens (tertiary/aromatic N) is 4. The zero-order valence-corrected chi connectivity index (χ0v) is 17.8. The van der Waals surface area contributed by atoms with Crippen molar-refractivity contribution >= 4 is 23.9 Å². The number of hydrazone groups is 1. The average Bonchev–Trinajstić information content (AvgIpc) is 3.15. The topological polar surface area (TPSA) is 81.4 Å². The first-order valence-corrected chi connectivity index (χ1v) is 10.4. The predicted octanol–water partition coefficient (Wildman–Crippen LogP) is 3.81. The number of para-hydroxylation sites is 1. The summed E-state index contributed by atoms with van der Waals surface area (Å²) < 4.78 is 21.2. The minimum absolute atomic E-state index is 0.235. The van der Waals surface area contributed by atoms with Gasteiger partial charge in [-0.1, -0.05) is 54.2 Å². The molecule has 0 unspecified atom stereocenters. The summed E-state index contributed by atoms with van der Waals surface area (Å²) in [5.41, 5.74) is 2.71. The molecule has 3 rings (SSSR count). The Morgan fingerprint density at radius 1 is 1.26 bits per heavy atom. The molecule has 0 saturated carbocycles. The highest BCUT2D eigenvalue weighted by molar-refractivity contribution is 8.00. The molecule has 9 heteroatoms. The van der Waals surface area contributed by atoms with E-state index in [0.29, 0.717) is 17.5 Å². The van der Waals surface area contributed by atoms with Gasteiger partial charge in [0, 0.05) is 12.1 Å². The van der Waals surface area contributed by atoms with Gasteiger partial charge in [0.2, 0.25) is 0 Å². The van der Waals surface area contributed by atoms with Crippen LogP contribution in [0.1, 0.15) is 18.3 Å². The van der Waals surface area contributed by atoms with Crippen molar-refractivity contribution in [1.29, 1.82) is 0 Å². The van der Waals surface area contributed by atoms with Crippen molar-refractivity contribution in [3.8, 4) is 5.75 Å². The highest BCUT2D eigenvalue weighted by Gasteiger charge is 2.20. The molecule has 0 fully saturated rings. The van der Waals surface area contributed by atoms with Gasteiger partial charge in [-0.2, -0.15) is 5.10 Å². The lowest BCUT2D eigenvalue weighted by Crippen LogP contribution is -2.27. The van der Waals surface area contributed by atoms with Gasteiger partial charge in [0.1, 0.15) is 18.2 Å². The molecule has 0 aliphatic heterocycles. The highest BCUT2D eigenvalue weighted by atomic mass is 32.2. The minimum Gasteiger partial charge on any atom is -0.486 e. The van der Waals surface area contributed by atoms with E-state index >= 15 is 0 Å². The van der Waals surface area contributed by atoms with E-state index in [-0.39, 0.29) is 18.1 Å². The fourth-order valence-electron chi connectivity index (χ4n) is 2.54. The van der Waals surface area contributed by atoms with E-state index in [2.05, 4.69) is 27.3 Å². The Hall–Kier alpha value is -3.46. The molecule has 1 heterocycles. The van der Waals surface area contributed by atoms with Crippen molar-refractivity contribution in [1.82, 2.24) is 20.2 Å². The zero-order valence-electron chi connectivity index (χ0n) is 16.9. The first kappa shape index (κ1) is 22.2. The Morgan fingerprint density at radius 3 is 2.74 bits per heavy atom. The average molecular weight is 440 g/mol. The third-order valence-electron chi connectivity index (χ3n) is 4.15.